The van der Waals surface area contributed by atoms with Crippen molar-refractivity contribution in [2.24, 2.45) is 5.92 Å². The van der Waals surface area contributed by atoms with Gasteiger partial charge in [0.1, 0.15) is 17.3 Å². The number of ether oxygens (including phenoxy) is 1. The van der Waals surface area contributed by atoms with Crippen molar-refractivity contribution < 1.29 is 9.53 Å². The fourth-order valence-electron chi connectivity index (χ4n) is 3.81. The van der Waals surface area contributed by atoms with Crippen LogP contribution in [0.4, 0.5) is 5.82 Å². The van der Waals surface area contributed by atoms with Crippen molar-refractivity contribution in [1.82, 2.24) is 15.3 Å². The lowest BCUT2D eigenvalue weighted by Gasteiger charge is -2.33. The van der Waals surface area contributed by atoms with Crippen molar-refractivity contribution in [1.29, 1.82) is 0 Å². The highest BCUT2D eigenvalue weighted by atomic mass is 32.1. The maximum absolute atomic E-state index is 12.2. The number of methoxy groups -OCH3 is 1. The van der Waals surface area contributed by atoms with Crippen LogP contribution >= 0.6 is 11.3 Å². The summed E-state index contributed by atoms with van der Waals surface area (Å²) in [6.07, 6.45) is 1.87. The number of thiophene rings is 1. The van der Waals surface area contributed by atoms with Crippen LogP contribution in [0.15, 0.2) is 35.7 Å². The van der Waals surface area contributed by atoms with Crippen molar-refractivity contribution in [3.05, 3.63) is 41.5 Å². The summed E-state index contributed by atoms with van der Waals surface area (Å²) in [5.41, 5.74) is 2.29. The Morgan fingerprint density at radius 3 is 2.89 bits per heavy atom. The molecule has 1 aromatic carbocycles. The van der Waals surface area contributed by atoms with Gasteiger partial charge in [-0.15, -0.1) is 11.3 Å². The van der Waals surface area contributed by atoms with Crippen molar-refractivity contribution in [3.63, 3.8) is 0 Å². The van der Waals surface area contributed by atoms with Crippen molar-refractivity contribution in [2.75, 3.05) is 32.1 Å². The number of fused-ring (bicyclic) bond motifs is 1. The average Bonchev–Trinajstić information content (AvgIpc) is 3.17. The molecule has 0 spiro atoms. The van der Waals surface area contributed by atoms with Crippen LogP contribution in [0.1, 0.15) is 18.7 Å². The second kappa shape index (κ2) is 8.24. The van der Waals surface area contributed by atoms with Gasteiger partial charge in [0.25, 0.3) is 0 Å². The van der Waals surface area contributed by atoms with Crippen molar-refractivity contribution in [2.45, 2.75) is 19.4 Å². The standard InChI is InChI=1S/C21H24N4O2S/c1-22-20(26)15-9-6-10-25(11-15)19-18-16(14-7-4-3-5-8-14)13-28-21(18)24-17(23-19)12-27-2/h3-5,7-8,13,15H,6,9-12H2,1-2H3,(H,22,26). The summed E-state index contributed by atoms with van der Waals surface area (Å²) in [6.45, 7) is 1.92. The van der Waals surface area contributed by atoms with E-state index in [9.17, 15) is 4.79 Å². The molecule has 2 aromatic heterocycles. The SMILES string of the molecule is CNC(=O)C1CCCN(c2nc(COC)nc3scc(-c4ccccc4)c23)C1. The Morgan fingerprint density at radius 2 is 2.14 bits per heavy atom. The Kier molecular flexibility index (Phi) is 5.54. The number of hydrogen-bond donors (Lipinski definition) is 1. The Balaban J connectivity index is 1.82. The lowest BCUT2D eigenvalue weighted by molar-refractivity contribution is -0.124. The van der Waals surface area contributed by atoms with Crippen LogP contribution in [0.2, 0.25) is 0 Å². The van der Waals surface area contributed by atoms with E-state index in [1.54, 1.807) is 25.5 Å². The molecule has 0 aliphatic carbocycles. The Hall–Kier alpha value is -2.51. The highest BCUT2D eigenvalue weighted by molar-refractivity contribution is 7.17. The van der Waals surface area contributed by atoms with Gasteiger partial charge in [0.15, 0.2) is 5.82 Å². The third-order valence-corrected chi connectivity index (χ3v) is 6.03. The number of rotatable bonds is 5. The van der Waals surface area contributed by atoms with E-state index in [4.69, 9.17) is 14.7 Å². The number of nitrogens with zero attached hydrogens (tertiary/aromatic N) is 3. The third-order valence-electron chi connectivity index (χ3n) is 5.16. The molecular weight excluding hydrogens is 372 g/mol. The first-order valence-electron chi connectivity index (χ1n) is 9.50. The summed E-state index contributed by atoms with van der Waals surface area (Å²) < 4.78 is 5.28. The lowest BCUT2D eigenvalue weighted by Crippen LogP contribution is -2.42. The van der Waals surface area contributed by atoms with E-state index in [2.05, 4.69) is 27.7 Å². The van der Waals surface area contributed by atoms with Crippen LogP contribution < -0.4 is 10.2 Å². The first-order chi connectivity index (χ1) is 13.7. The highest BCUT2D eigenvalue weighted by Gasteiger charge is 2.28. The van der Waals surface area contributed by atoms with Gasteiger partial charge in [0.05, 0.1) is 11.3 Å². The van der Waals surface area contributed by atoms with E-state index >= 15 is 0 Å². The number of anilines is 1. The van der Waals surface area contributed by atoms with E-state index in [-0.39, 0.29) is 11.8 Å². The molecule has 1 amide bonds. The molecule has 1 N–H and O–H groups in total. The molecule has 3 aromatic rings. The molecule has 1 unspecified atom stereocenters. The maximum atomic E-state index is 12.2. The molecular formula is C21H24N4O2S. The number of carbonyl (C=O) groups is 1. The molecule has 1 saturated heterocycles. The Bertz CT molecular complexity index is 973. The van der Waals surface area contributed by atoms with E-state index in [0.29, 0.717) is 19.0 Å². The predicted octanol–water partition coefficient (Wildman–Crippen LogP) is 3.47. The molecule has 1 atom stereocenters. The number of hydrogen-bond acceptors (Lipinski definition) is 6. The fraction of sp³-hybridized carbons (Fsp3) is 0.381. The zero-order valence-electron chi connectivity index (χ0n) is 16.1. The van der Waals surface area contributed by atoms with Gasteiger partial charge in [-0.1, -0.05) is 30.3 Å². The largest absolute Gasteiger partial charge is 0.377 e. The van der Waals surface area contributed by atoms with Crippen LogP contribution in [0, 0.1) is 5.92 Å². The summed E-state index contributed by atoms with van der Waals surface area (Å²) in [5, 5.41) is 6.00. The lowest BCUT2D eigenvalue weighted by atomic mass is 9.96. The van der Waals surface area contributed by atoms with Crippen LogP contribution in [0.25, 0.3) is 21.3 Å². The number of aromatic nitrogens is 2. The second-order valence-electron chi connectivity index (χ2n) is 6.99. The molecule has 1 aliphatic rings. The van der Waals surface area contributed by atoms with Crippen LogP contribution in [-0.2, 0) is 16.1 Å². The van der Waals surface area contributed by atoms with Gasteiger partial charge in [-0.3, -0.25) is 4.79 Å². The van der Waals surface area contributed by atoms with Gasteiger partial charge < -0.3 is 15.0 Å². The first-order valence-corrected chi connectivity index (χ1v) is 10.4. The molecule has 0 saturated carbocycles. The van der Waals surface area contributed by atoms with Gasteiger partial charge in [-0.05, 0) is 18.4 Å². The maximum Gasteiger partial charge on any atom is 0.224 e. The zero-order chi connectivity index (χ0) is 19.5. The Labute approximate surface area is 168 Å². The van der Waals surface area contributed by atoms with Crippen LogP contribution in [0.3, 0.4) is 0 Å². The van der Waals surface area contributed by atoms with Crippen molar-refractivity contribution >= 4 is 33.3 Å². The second-order valence-corrected chi connectivity index (χ2v) is 7.85. The third kappa shape index (κ3) is 3.59. The number of benzene rings is 1. The van der Waals surface area contributed by atoms with E-state index in [1.165, 1.54) is 0 Å². The smallest absolute Gasteiger partial charge is 0.224 e. The average molecular weight is 397 g/mol. The number of amides is 1. The summed E-state index contributed by atoms with van der Waals surface area (Å²) in [7, 11) is 3.35. The Morgan fingerprint density at radius 1 is 1.32 bits per heavy atom. The normalized spacial score (nSPS) is 17.1. The van der Waals surface area contributed by atoms with E-state index in [1.807, 2.05) is 18.2 Å². The summed E-state index contributed by atoms with van der Waals surface area (Å²) in [5.74, 6) is 1.66. The zero-order valence-corrected chi connectivity index (χ0v) is 17.0. The fourth-order valence-corrected chi connectivity index (χ4v) is 4.77. The van der Waals surface area contributed by atoms with Gasteiger partial charge in [0, 0.05) is 38.2 Å². The molecule has 1 fully saturated rings. The molecule has 0 bridgehead atoms. The molecule has 1 aliphatic heterocycles. The monoisotopic (exact) mass is 396 g/mol. The van der Waals surface area contributed by atoms with Crippen molar-refractivity contribution in [3.8, 4) is 11.1 Å². The van der Waals surface area contributed by atoms with Crippen LogP contribution in [-0.4, -0.2) is 43.1 Å². The molecule has 0 radical (unpaired) electrons. The van der Waals surface area contributed by atoms with Gasteiger partial charge in [0.2, 0.25) is 5.91 Å². The summed E-state index contributed by atoms with van der Waals surface area (Å²) in [6, 6.07) is 10.3. The molecule has 7 heteroatoms. The molecule has 3 heterocycles. The first kappa shape index (κ1) is 18.8. The minimum Gasteiger partial charge on any atom is -0.377 e. The van der Waals surface area contributed by atoms with E-state index < -0.39 is 0 Å². The molecule has 6 nitrogen and oxygen atoms in total. The minimum atomic E-state index is -0.0200. The summed E-state index contributed by atoms with van der Waals surface area (Å²) >= 11 is 1.63. The molecule has 28 heavy (non-hydrogen) atoms. The number of nitrogens with one attached hydrogen (secondary N) is 1. The number of carbonyl (C=O) groups excluding carboxylic acids is 1. The minimum absolute atomic E-state index is 0.0200. The van der Waals surface area contributed by atoms with Gasteiger partial charge in [-0.2, -0.15) is 0 Å². The van der Waals surface area contributed by atoms with Gasteiger partial charge >= 0.3 is 0 Å². The quantitative estimate of drug-likeness (QED) is 0.715. The highest BCUT2D eigenvalue weighted by Crippen LogP contribution is 2.39. The molecule has 146 valence electrons. The van der Waals surface area contributed by atoms with Gasteiger partial charge in [-0.25, -0.2) is 9.97 Å². The summed E-state index contributed by atoms with van der Waals surface area (Å²) in [4.78, 5) is 25.0. The predicted molar refractivity (Wildman–Crippen MR) is 113 cm³/mol. The topological polar surface area (TPSA) is 67.4 Å². The van der Waals surface area contributed by atoms with E-state index in [0.717, 1.165) is 46.5 Å². The van der Waals surface area contributed by atoms with Crippen LogP contribution in [0.5, 0.6) is 0 Å². The number of piperidine rings is 1. The molecule has 4 rings (SSSR count).